The van der Waals surface area contributed by atoms with Gasteiger partial charge < -0.3 is 0 Å². The summed E-state index contributed by atoms with van der Waals surface area (Å²) in [4.78, 5) is 0. The van der Waals surface area contributed by atoms with Gasteiger partial charge in [0.1, 0.15) is 0 Å². The normalized spacial score (nSPS) is 12.5. The SMILES string of the molecule is CC(C)(C)OS(=O)(=O)CC#N. The zero-order chi connectivity index (χ0) is 9.12. The smallest absolute Gasteiger partial charge is 0.264 e. The van der Waals surface area contributed by atoms with Gasteiger partial charge in [0.05, 0.1) is 11.7 Å². The Labute approximate surface area is 66.9 Å². The lowest BCUT2D eigenvalue weighted by Gasteiger charge is -2.17. The van der Waals surface area contributed by atoms with E-state index in [1.807, 2.05) is 0 Å². The van der Waals surface area contributed by atoms with Gasteiger partial charge in [-0.15, -0.1) is 0 Å². The Morgan fingerprint density at radius 3 is 2.18 bits per heavy atom. The van der Waals surface area contributed by atoms with Crippen LogP contribution in [-0.4, -0.2) is 19.8 Å². The van der Waals surface area contributed by atoms with E-state index < -0.39 is 21.5 Å². The van der Waals surface area contributed by atoms with Gasteiger partial charge in [0.15, 0.2) is 5.75 Å². The molecule has 0 aliphatic carbocycles. The molecule has 0 bridgehead atoms. The minimum atomic E-state index is -3.65. The summed E-state index contributed by atoms with van der Waals surface area (Å²) in [5.74, 6) is -0.593. The molecule has 0 atom stereocenters. The number of nitrogens with zero attached hydrogens (tertiary/aromatic N) is 1. The van der Waals surface area contributed by atoms with Gasteiger partial charge in [0.25, 0.3) is 10.1 Å². The topological polar surface area (TPSA) is 67.2 Å². The van der Waals surface area contributed by atoms with E-state index in [0.717, 1.165) is 0 Å². The van der Waals surface area contributed by atoms with E-state index in [0.29, 0.717) is 0 Å². The van der Waals surface area contributed by atoms with Gasteiger partial charge in [-0.25, -0.2) is 0 Å². The molecule has 0 rings (SSSR count). The molecule has 0 aromatic heterocycles. The second-order valence-corrected chi connectivity index (χ2v) is 4.63. The molecule has 11 heavy (non-hydrogen) atoms. The van der Waals surface area contributed by atoms with Crippen molar-refractivity contribution < 1.29 is 12.6 Å². The van der Waals surface area contributed by atoms with Crippen LogP contribution in [0.2, 0.25) is 0 Å². The van der Waals surface area contributed by atoms with E-state index >= 15 is 0 Å². The van der Waals surface area contributed by atoms with Crippen molar-refractivity contribution >= 4 is 10.1 Å². The van der Waals surface area contributed by atoms with Gasteiger partial charge in [0, 0.05) is 0 Å². The molecule has 0 radical (unpaired) electrons. The van der Waals surface area contributed by atoms with Crippen molar-refractivity contribution in [2.45, 2.75) is 26.4 Å². The Balaban J connectivity index is 4.30. The van der Waals surface area contributed by atoms with E-state index in [9.17, 15) is 8.42 Å². The Morgan fingerprint density at radius 1 is 1.45 bits per heavy atom. The van der Waals surface area contributed by atoms with Crippen LogP contribution in [0.5, 0.6) is 0 Å². The molecule has 0 aliphatic rings. The molecular weight excluding hydrogens is 166 g/mol. The Bertz CT molecular complexity index is 255. The van der Waals surface area contributed by atoms with Crippen molar-refractivity contribution in [3.8, 4) is 6.07 Å². The second kappa shape index (κ2) is 3.20. The summed E-state index contributed by atoms with van der Waals surface area (Å²) in [5.41, 5.74) is -0.754. The molecule has 0 aliphatic heterocycles. The zero-order valence-corrected chi connectivity index (χ0v) is 7.60. The van der Waals surface area contributed by atoms with Gasteiger partial charge in [-0.05, 0) is 20.8 Å². The summed E-state index contributed by atoms with van der Waals surface area (Å²) in [5, 5.41) is 8.09. The van der Waals surface area contributed by atoms with Crippen LogP contribution in [0.25, 0.3) is 0 Å². The highest BCUT2D eigenvalue weighted by atomic mass is 32.2. The monoisotopic (exact) mass is 177 g/mol. The highest BCUT2D eigenvalue weighted by molar-refractivity contribution is 7.86. The fraction of sp³-hybridized carbons (Fsp3) is 0.833. The van der Waals surface area contributed by atoms with Crippen LogP contribution in [0, 0.1) is 11.3 Å². The van der Waals surface area contributed by atoms with Crippen molar-refractivity contribution in [1.82, 2.24) is 0 Å². The molecule has 64 valence electrons. The van der Waals surface area contributed by atoms with Gasteiger partial charge >= 0.3 is 0 Å². The highest BCUT2D eigenvalue weighted by Gasteiger charge is 2.20. The van der Waals surface area contributed by atoms with E-state index in [1.54, 1.807) is 20.8 Å². The summed E-state index contributed by atoms with van der Waals surface area (Å²) >= 11 is 0. The van der Waals surface area contributed by atoms with Crippen LogP contribution in [0.15, 0.2) is 0 Å². The first-order valence-corrected chi connectivity index (χ1v) is 4.65. The van der Waals surface area contributed by atoms with Crippen LogP contribution in [0.4, 0.5) is 0 Å². The molecule has 4 nitrogen and oxygen atoms in total. The summed E-state index contributed by atoms with van der Waals surface area (Å²) < 4.78 is 26.2. The lowest BCUT2D eigenvalue weighted by molar-refractivity contribution is 0.140. The molecule has 0 fully saturated rings. The predicted octanol–water partition coefficient (Wildman–Crippen LogP) is 0.655. The Morgan fingerprint density at radius 2 is 1.91 bits per heavy atom. The number of hydrogen-bond donors (Lipinski definition) is 0. The molecule has 0 heterocycles. The van der Waals surface area contributed by atoms with E-state index in [1.165, 1.54) is 6.07 Å². The largest absolute Gasteiger partial charge is 0.281 e. The fourth-order valence-electron chi connectivity index (χ4n) is 0.489. The molecule has 0 saturated carbocycles. The van der Waals surface area contributed by atoms with Crippen molar-refractivity contribution in [2.75, 3.05) is 5.75 Å². The standard InChI is InChI=1S/C6H11NO3S/c1-6(2,3)10-11(8,9)5-4-7/h5H2,1-3H3. The van der Waals surface area contributed by atoms with Crippen LogP contribution in [0.3, 0.4) is 0 Å². The summed E-state index contributed by atoms with van der Waals surface area (Å²) in [7, 11) is -3.65. The predicted molar refractivity (Wildman–Crippen MR) is 40.2 cm³/mol. The van der Waals surface area contributed by atoms with Crippen LogP contribution >= 0.6 is 0 Å². The molecule has 0 aromatic carbocycles. The molecule has 0 aromatic rings. The average molecular weight is 177 g/mol. The fourth-order valence-corrected chi connectivity index (χ4v) is 1.47. The third-order valence-corrected chi connectivity index (χ3v) is 1.85. The van der Waals surface area contributed by atoms with Crippen LogP contribution in [-0.2, 0) is 14.3 Å². The lowest BCUT2D eigenvalue weighted by atomic mass is 10.2. The summed E-state index contributed by atoms with van der Waals surface area (Å²) in [6.07, 6.45) is 0. The molecule has 5 heteroatoms. The van der Waals surface area contributed by atoms with Crippen LogP contribution in [0.1, 0.15) is 20.8 Å². The van der Waals surface area contributed by atoms with E-state index in [4.69, 9.17) is 5.26 Å². The van der Waals surface area contributed by atoms with Crippen LogP contribution < -0.4 is 0 Å². The van der Waals surface area contributed by atoms with E-state index in [2.05, 4.69) is 4.18 Å². The Kier molecular flexibility index (Phi) is 3.02. The molecule has 0 amide bonds. The summed E-state index contributed by atoms with van der Waals surface area (Å²) in [6, 6.07) is 1.52. The minimum absolute atomic E-state index is 0.593. The quantitative estimate of drug-likeness (QED) is 0.581. The van der Waals surface area contributed by atoms with E-state index in [-0.39, 0.29) is 0 Å². The number of rotatable bonds is 2. The maximum absolute atomic E-state index is 10.8. The first kappa shape index (κ1) is 10.4. The molecular formula is C6H11NO3S. The number of nitriles is 1. The first-order valence-electron chi connectivity index (χ1n) is 3.07. The third kappa shape index (κ3) is 5.83. The van der Waals surface area contributed by atoms with Gasteiger partial charge in [-0.2, -0.15) is 13.7 Å². The van der Waals surface area contributed by atoms with Crippen molar-refractivity contribution in [1.29, 1.82) is 5.26 Å². The van der Waals surface area contributed by atoms with Crippen molar-refractivity contribution in [2.24, 2.45) is 0 Å². The third-order valence-electron chi connectivity index (χ3n) is 0.618. The lowest BCUT2D eigenvalue weighted by Crippen LogP contribution is -2.25. The molecule has 0 spiro atoms. The molecule has 0 N–H and O–H groups in total. The van der Waals surface area contributed by atoms with Crippen molar-refractivity contribution in [3.63, 3.8) is 0 Å². The highest BCUT2D eigenvalue weighted by Crippen LogP contribution is 2.11. The Hall–Kier alpha value is -0.600. The first-order chi connectivity index (χ1) is 4.77. The maximum Gasteiger partial charge on any atom is 0.281 e. The summed E-state index contributed by atoms with van der Waals surface area (Å²) in [6.45, 7) is 4.84. The van der Waals surface area contributed by atoms with Crippen molar-refractivity contribution in [3.05, 3.63) is 0 Å². The second-order valence-electron chi connectivity index (χ2n) is 3.06. The molecule has 0 unspecified atom stereocenters. The maximum atomic E-state index is 10.8. The van der Waals surface area contributed by atoms with Gasteiger partial charge in [-0.1, -0.05) is 0 Å². The minimum Gasteiger partial charge on any atom is -0.264 e. The average Bonchev–Trinajstić information content (AvgIpc) is 1.55. The molecule has 0 saturated heterocycles. The zero-order valence-electron chi connectivity index (χ0n) is 6.79. The van der Waals surface area contributed by atoms with Gasteiger partial charge in [0.2, 0.25) is 0 Å². The van der Waals surface area contributed by atoms with Gasteiger partial charge in [-0.3, -0.25) is 4.18 Å². The number of hydrogen-bond acceptors (Lipinski definition) is 4.